The van der Waals surface area contributed by atoms with Gasteiger partial charge in [0.1, 0.15) is 12.6 Å². The molecule has 3 aromatic rings. The molecule has 7 nitrogen and oxygen atoms in total. The van der Waals surface area contributed by atoms with Crippen LogP contribution in [0.15, 0.2) is 83.8 Å². The third-order valence-electron chi connectivity index (χ3n) is 6.62. The number of carbonyl (C=O) groups excluding carboxylic acids is 2. The molecule has 0 saturated heterocycles. The zero-order valence-electron chi connectivity index (χ0n) is 22.8. The van der Waals surface area contributed by atoms with Crippen LogP contribution in [0.3, 0.4) is 0 Å². The lowest BCUT2D eigenvalue weighted by Gasteiger charge is -2.34. The fourth-order valence-corrected chi connectivity index (χ4v) is 5.76. The summed E-state index contributed by atoms with van der Waals surface area (Å²) < 4.78 is 28.7. The topological polar surface area (TPSA) is 86.8 Å². The van der Waals surface area contributed by atoms with Gasteiger partial charge >= 0.3 is 0 Å². The minimum Gasteiger partial charge on any atom is -0.352 e. The van der Waals surface area contributed by atoms with Crippen LogP contribution in [0.1, 0.15) is 44.7 Å². The van der Waals surface area contributed by atoms with E-state index in [2.05, 4.69) is 5.32 Å². The van der Waals surface area contributed by atoms with Crippen LogP contribution in [0, 0.1) is 6.92 Å². The summed E-state index contributed by atoms with van der Waals surface area (Å²) in [5, 5.41) is 3.42. The third kappa shape index (κ3) is 7.61. The van der Waals surface area contributed by atoms with Crippen molar-refractivity contribution in [3.8, 4) is 0 Å². The number of anilines is 1. The summed E-state index contributed by atoms with van der Waals surface area (Å²) in [6.45, 7) is 7.16. The fourth-order valence-electron chi connectivity index (χ4n) is 4.13. The molecule has 0 aliphatic rings. The Morgan fingerprint density at radius 3 is 2.10 bits per heavy atom. The van der Waals surface area contributed by atoms with Crippen molar-refractivity contribution in [3.63, 3.8) is 0 Å². The minimum absolute atomic E-state index is 0.0536. The molecular formula is C30H36ClN3O4S. The van der Waals surface area contributed by atoms with E-state index in [0.29, 0.717) is 22.7 Å². The van der Waals surface area contributed by atoms with E-state index >= 15 is 0 Å². The van der Waals surface area contributed by atoms with Crippen LogP contribution in [0.25, 0.3) is 0 Å². The van der Waals surface area contributed by atoms with Gasteiger partial charge in [-0.1, -0.05) is 79.5 Å². The Balaban J connectivity index is 2.05. The lowest BCUT2D eigenvalue weighted by molar-refractivity contribution is -0.140. The highest BCUT2D eigenvalue weighted by Crippen LogP contribution is 2.26. The van der Waals surface area contributed by atoms with Crippen molar-refractivity contribution in [3.05, 3.63) is 95.0 Å². The summed E-state index contributed by atoms with van der Waals surface area (Å²) in [5.74, 6) is -0.804. The highest BCUT2D eigenvalue weighted by molar-refractivity contribution is 7.92. The van der Waals surface area contributed by atoms with Crippen LogP contribution in [0.5, 0.6) is 0 Å². The van der Waals surface area contributed by atoms with Gasteiger partial charge in [-0.2, -0.15) is 0 Å². The summed E-state index contributed by atoms with van der Waals surface area (Å²) >= 11 is 6.43. The molecule has 3 rings (SSSR count). The first-order valence-electron chi connectivity index (χ1n) is 13.1. The van der Waals surface area contributed by atoms with E-state index in [9.17, 15) is 18.0 Å². The SMILES string of the molecule is CC[C@@H](C)NC(=O)[C@H](CC)N(Cc1ccccc1Cl)C(=O)CN(c1ccc(C)cc1)S(=O)(=O)c1ccccc1. The van der Waals surface area contributed by atoms with E-state index in [4.69, 9.17) is 11.6 Å². The number of nitrogens with zero attached hydrogens (tertiary/aromatic N) is 2. The molecule has 0 bridgehead atoms. The summed E-state index contributed by atoms with van der Waals surface area (Å²) in [6.07, 6.45) is 1.07. The van der Waals surface area contributed by atoms with E-state index in [-0.39, 0.29) is 23.4 Å². The van der Waals surface area contributed by atoms with Crippen molar-refractivity contribution < 1.29 is 18.0 Å². The molecular weight excluding hydrogens is 534 g/mol. The van der Waals surface area contributed by atoms with Gasteiger partial charge in [0.2, 0.25) is 11.8 Å². The Labute approximate surface area is 236 Å². The summed E-state index contributed by atoms with van der Waals surface area (Å²) in [7, 11) is -4.09. The number of amides is 2. The largest absolute Gasteiger partial charge is 0.352 e. The van der Waals surface area contributed by atoms with Crippen molar-refractivity contribution >= 4 is 39.1 Å². The number of benzene rings is 3. The number of sulfonamides is 1. The van der Waals surface area contributed by atoms with Gasteiger partial charge in [-0.15, -0.1) is 0 Å². The Kier molecular flexibility index (Phi) is 10.5. The van der Waals surface area contributed by atoms with E-state index in [1.165, 1.54) is 17.0 Å². The summed E-state index contributed by atoms with van der Waals surface area (Å²) in [4.78, 5) is 28.8. The van der Waals surface area contributed by atoms with Gasteiger partial charge in [0.05, 0.1) is 10.6 Å². The molecule has 0 fully saturated rings. The number of carbonyl (C=O) groups is 2. The fraction of sp³-hybridized carbons (Fsp3) is 0.333. The second kappa shape index (κ2) is 13.6. The van der Waals surface area contributed by atoms with Gasteiger partial charge in [0, 0.05) is 17.6 Å². The number of nitrogens with one attached hydrogen (secondary N) is 1. The molecule has 0 radical (unpaired) electrons. The van der Waals surface area contributed by atoms with Crippen molar-refractivity contribution in [1.82, 2.24) is 10.2 Å². The maximum Gasteiger partial charge on any atom is 0.264 e. The average Bonchev–Trinajstić information content (AvgIpc) is 2.93. The van der Waals surface area contributed by atoms with Crippen LogP contribution in [-0.4, -0.2) is 43.8 Å². The number of aryl methyl sites for hydroxylation is 1. The predicted molar refractivity (Wildman–Crippen MR) is 156 cm³/mol. The van der Waals surface area contributed by atoms with Gasteiger partial charge in [0.15, 0.2) is 0 Å². The Morgan fingerprint density at radius 2 is 1.51 bits per heavy atom. The maximum absolute atomic E-state index is 14.0. The minimum atomic E-state index is -4.09. The van der Waals surface area contributed by atoms with Gasteiger partial charge in [0.25, 0.3) is 10.0 Å². The number of hydrogen-bond donors (Lipinski definition) is 1. The molecule has 0 aromatic heterocycles. The normalized spacial score (nSPS) is 12.8. The molecule has 0 heterocycles. The highest BCUT2D eigenvalue weighted by Gasteiger charge is 2.34. The molecule has 0 spiro atoms. The van der Waals surface area contributed by atoms with Crippen molar-refractivity contribution in [2.75, 3.05) is 10.8 Å². The quantitative estimate of drug-likeness (QED) is 0.309. The van der Waals surface area contributed by atoms with E-state index in [1.807, 2.05) is 33.8 Å². The Hall–Kier alpha value is -3.36. The molecule has 3 aromatic carbocycles. The molecule has 39 heavy (non-hydrogen) atoms. The number of hydrogen-bond acceptors (Lipinski definition) is 4. The van der Waals surface area contributed by atoms with Crippen LogP contribution in [-0.2, 0) is 26.2 Å². The number of halogens is 1. The van der Waals surface area contributed by atoms with Gasteiger partial charge in [-0.3, -0.25) is 13.9 Å². The van der Waals surface area contributed by atoms with Crippen LogP contribution >= 0.6 is 11.6 Å². The van der Waals surface area contributed by atoms with Crippen LogP contribution in [0.2, 0.25) is 5.02 Å². The molecule has 0 aliphatic carbocycles. The van der Waals surface area contributed by atoms with Crippen LogP contribution < -0.4 is 9.62 Å². The molecule has 9 heteroatoms. The lowest BCUT2D eigenvalue weighted by atomic mass is 10.1. The first kappa shape index (κ1) is 30.2. The van der Waals surface area contributed by atoms with E-state index in [0.717, 1.165) is 16.3 Å². The van der Waals surface area contributed by atoms with Crippen molar-refractivity contribution in [2.45, 2.75) is 64.1 Å². The lowest BCUT2D eigenvalue weighted by Crippen LogP contribution is -2.53. The molecule has 0 aliphatic heterocycles. The second-order valence-corrected chi connectivity index (χ2v) is 11.8. The Bertz CT molecular complexity index is 1360. The molecule has 0 unspecified atom stereocenters. The summed E-state index contributed by atoms with van der Waals surface area (Å²) in [5.41, 5.74) is 1.97. The summed E-state index contributed by atoms with van der Waals surface area (Å²) in [6, 6.07) is 21.2. The Morgan fingerprint density at radius 1 is 0.897 bits per heavy atom. The molecule has 0 saturated carbocycles. The molecule has 208 valence electrons. The first-order valence-corrected chi connectivity index (χ1v) is 14.9. The second-order valence-electron chi connectivity index (χ2n) is 9.52. The zero-order valence-corrected chi connectivity index (χ0v) is 24.4. The van der Waals surface area contributed by atoms with Gasteiger partial charge < -0.3 is 10.2 Å². The third-order valence-corrected chi connectivity index (χ3v) is 8.77. The van der Waals surface area contributed by atoms with Crippen molar-refractivity contribution in [2.24, 2.45) is 0 Å². The molecule has 2 amide bonds. The maximum atomic E-state index is 14.0. The molecule has 1 N–H and O–H groups in total. The highest BCUT2D eigenvalue weighted by atomic mass is 35.5. The predicted octanol–water partition coefficient (Wildman–Crippen LogP) is 5.57. The van der Waals surface area contributed by atoms with Gasteiger partial charge in [-0.25, -0.2) is 8.42 Å². The van der Waals surface area contributed by atoms with Crippen LogP contribution in [0.4, 0.5) is 5.69 Å². The monoisotopic (exact) mass is 569 g/mol. The smallest absolute Gasteiger partial charge is 0.264 e. The van der Waals surface area contributed by atoms with E-state index < -0.39 is 28.5 Å². The zero-order chi connectivity index (χ0) is 28.6. The van der Waals surface area contributed by atoms with Crippen molar-refractivity contribution in [1.29, 1.82) is 0 Å². The average molecular weight is 570 g/mol. The molecule has 2 atom stereocenters. The van der Waals surface area contributed by atoms with E-state index in [1.54, 1.807) is 60.7 Å². The first-order chi connectivity index (χ1) is 18.6. The van der Waals surface area contributed by atoms with Gasteiger partial charge in [-0.05, 0) is 62.6 Å². The standard InChI is InChI=1S/C30H36ClN3O4S/c1-5-23(4)32-30(36)28(6-2)33(20-24-12-10-11-15-27(24)31)29(35)21-34(25-18-16-22(3)17-19-25)39(37,38)26-13-8-7-9-14-26/h7-19,23,28H,5-6,20-21H2,1-4H3,(H,32,36)/t23-,28+/m1/s1. The number of rotatable bonds is 12.